The summed E-state index contributed by atoms with van der Waals surface area (Å²) >= 11 is 0. The van der Waals surface area contributed by atoms with Crippen LogP contribution in [0.25, 0.3) is 10.9 Å². The molecule has 0 radical (unpaired) electrons. The number of piperidine rings is 1. The first-order chi connectivity index (χ1) is 12.2. The number of fused-ring (bicyclic) bond motifs is 3. The molecule has 0 unspecified atom stereocenters. The molecule has 1 aromatic heterocycles. The summed E-state index contributed by atoms with van der Waals surface area (Å²) in [6.45, 7) is 8.85. The fourth-order valence-corrected chi connectivity index (χ4v) is 5.24. The molecule has 4 nitrogen and oxygen atoms in total. The van der Waals surface area contributed by atoms with Crippen LogP contribution in [0.3, 0.4) is 0 Å². The summed E-state index contributed by atoms with van der Waals surface area (Å²) in [5.74, 6) is 0.0520. The van der Waals surface area contributed by atoms with E-state index in [1.54, 1.807) is 0 Å². The monoisotopic (exact) mass is 353 g/mol. The normalized spacial score (nSPS) is 22.2. The average Bonchev–Trinajstić information content (AvgIpc) is 2.89. The summed E-state index contributed by atoms with van der Waals surface area (Å²) < 4.78 is 0. The SMILES string of the molecule is CC1(C)CC(NC(=O)c2ccc3[nH]c4c(c3c2)CCCC4)CC(C)(C)N1. The Morgan fingerprint density at radius 1 is 1.08 bits per heavy atom. The Balaban J connectivity index is 1.56. The van der Waals surface area contributed by atoms with Gasteiger partial charge in [-0.25, -0.2) is 0 Å². The number of nitrogens with one attached hydrogen (secondary N) is 3. The van der Waals surface area contributed by atoms with Crippen LogP contribution in [-0.2, 0) is 12.8 Å². The minimum Gasteiger partial charge on any atom is -0.358 e. The highest BCUT2D eigenvalue weighted by molar-refractivity contribution is 5.99. The first-order valence-corrected chi connectivity index (χ1v) is 9.96. The number of rotatable bonds is 2. The van der Waals surface area contributed by atoms with Crippen LogP contribution in [0, 0.1) is 0 Å². The van der Waals surface area contributed by atoms with Gasteiger partial charge in [-0.2, -0.15) is 0 Å². The van der Waals surface area contributed by atoms with Crippen LogP contribution in [0.2, 0.25) is 0 Å². The summed E-state index contributed by atoms with van der Waals surface area (Å²) in [6, 6.07) is 6.31. The van der Waals surface area contributed by atoms with E-state index in [9.17, 15) is 4.79 Å². The number of hydrogen-bond donors (Lipinski definition) is 3. The first-order valence-electron chi connectivity index (χ1n) is 9.96. The Hall–Kier alpha value is -1.81. The summed E-state index contributed by atoms with van der Waals surface area (Å²) in [5, 5.41) is 8.20. The van der Waals surface area contributed by atoms with Gasteiger partial charge in [0.2, 0.25) is 0 Å². The first kappa shape index (κ1) is 17.6. The predicted octanol–water partition coefficient (Wildman–Crippen LogP) is 4.09. The molecule has 4 rings (SSSR count). The maximum atomic E-state index is 12.9. The van der Waals surface area contributed by atoms with Gasteiger partial charge < -0.3 is 15.6 Å². The molecular weight excluding hydrogens is 322 g/mol. The van der Waals surface area contributed by atoms with E-state index in [0.29, 0.717) is 0 Å². The number of carbonyl (C=O) groups excluding carboxylic acids is 1. The van der Waals surface area contributed by atoms with Crippen molar-refractivity contribution in [3.8, 4) is 0 Å². The molecule has 1 saturated heterocycles. The third kappa shape index (κ3) is 3.39. The molecule has 0 bridgehead atoms. The van der Waals surface area contributed by atoms with E-state index in [0.717, 1.165) is 36.8 Å². The minimum absolute atomic E-state index is 0.0311. The number of aromatic amines is 1. The van der Waals surface area contributed by atoms with E-state index in [1.165, 1.54) is 29.5 Å². The second-order valence-corrected chi connectivity index (χ2v) is 9.52. The fourth-order valence-electron chi connectivity index (χ4n) is 5.24. The third-order valence-corrected chi connectivity index (χ3v) is 5.89. The molecule has 0 atom stereocenters. The zero-order valence-corrected chi connectivity index (χ0v) is 16.5. The smallest absolute Gasteiger partial charge is 0.251 e. The van der Waals surface area contributed by atoms with Gasteiger partial charge in [-0.15, -0.1) is 0 Å². The Morgan fingerprint density at radius 3 is 2.50 bits per heavy atom. The van der Waals surface area contributed by atoms with Crippen molar-refractivity contribution < 1.29 is 4.79 Å². The van der Waals surface area contributed by atoms with E-state index in [2.05, 4.69) is 55.4 Å². The summed E-state index contributed by atoms with van der Waals surface area (Å²) in [4.78, 5) is 16.5. The Bertz CT molecular complexity index is 830. The van der Waals surface area contributed by atoms with E-state index in [4.69, 9.17) is 0 Å². The second-order valence-electron chi connectivity index (χ2n) is 9.52. The number of amides is 1. The van der Waals surface area contributed by atoms with Crippen molar-refractivity contribution in [1.82, 2.24) is 15.6 Å². The van der Waals surface area contributed by atoms with Gasteiger partial charge in [-0.1, -0.05) is 0 Å². The van der Waals surface area contributed by atoms with Gasteiger partial charge in [0.1, 0.15) is 0 Å². The quantitative estimate of drug-likeness (QED) is 0.762. The molecule has 0 saturated carbocycles. The number of hydrogen-bond acceptors (Lipinski definition) is 2. The zero-order chi connectivity index (χ0) is 18.5. The van der Waals surface area contributed by atoms with E-state index in [-0.39, 0.29) is 23.0 Å². The van der Waals surface area contributed by atoms with Crippen LogP contribution in [0.5, 0.6) is 0 Å². The van der Waals surface area contributed by atoms with Gasteiger partial charge in [0.25, 0.3) is 5.91 Å². The predicted molar refractivity (Wildman–Crippen MR) is 107 cm³/mol. The van der Waals surface area contributed by atoms with Crippen LogP contribution in [0.1, 0.15) is 75.0 Å². The lowest BCUT2D eigenvalue weighted by atomic mass is 9.79. The molecule has 1 aliphatic heterocycles. The van der Waals surface area contributed by atoms with Gasteiger partial charge in [0, 0.05) is 39.3 Å². The van der Waals surface area contributed by atoms with E-state index in [1.807, 2.05) is 6.07 Å². The van der Waals surface area contributed by atoms with Crippen LogP contribution < -0.4 is 10.6 Å². The van der Waals surface area contributed by atoms with Crippen molar-refractivity contribution in [2.75, 3.05) is 0 Å². The lowest BCUT2D eigenvalue weighted by molar-refractivity contribution is 0.0873. The molecule has 140 valence electrons. The molecular formula is C22H31N3O. The molecule has 3 N–H and O–H groups in total. The molecule has 1 aromatic carbocycles. The number of carbonyl (C=O) groups is 1. The number of benzene rings is 1. The number of aryl methyl sites for hydroxylation is 2. The number of H-pyrrole nitrogens is 1. The van der Waals surface area contributed by atoms with E-state index >= 15 is 0 Å². The summed E-state index contributed by atoms with van der Waals surface area (Å²) in [5.41, 5.74) is 4.79. The van der Waals surface area contributed by atoms with Crippen LogP contribution >= 0.6 is 0 Å². The summed E-state index contributed by atoms with van der Waals surface area (Å²) in [6.07, 6.45) is 6.65. The molecule has 26 heavy (non-hydrogen) atoms. The molecule has 2 heterocycles. The maximum Gasteiger partial charge on any atom is 0.251 e. The van der Waals surface area contributed by atoms with Crippen LogP contribution in [0.4, 0.5) is 0 Å². The standard InChI is InChI=1S/C22H31N3O/c1-21(2)12-15(13-22(3,4)25-21)23-20(26)14-9-10-19-17(11-14)16-7-5-6-8-18(16)24-19/h9-11,15,24-25H,5-8,12-13H2,1-4H3,(H,23,26). The van der Waals surface area contributed by atoms with Crippen molar-refractivity contribution in [3.05, 3.63) is 35.0 Å². The molecule has 1 fully saturated rings. The van der Waals surface area contributed by atoms with Crippen LogP contribution in [0.15, 0.2) is 18.2 Å². The molecule has 2 aromatic rings. The number of aromatic nitrogens is 1. The molecule has 1 amide bonds. The second kappa shape index (κ2) is 6.12. The molecule has 0 spiro atoms. The molecule has 2 aliphatic rings. The topological polar surface area (TPSA) is 56.9 Å². The fraction of sp³-hybridized carbons (Fsp3) is 0.591. The van der Waals surface area contributed by atoms with Gasteiger partial charge in [0.15, 0.2) is 0 Å². The van der Waals surface area contributed by atoms with Gasteiger partial charge in [0.05, 0.1) is 0 Å². The van der Waals surface area contributed by atoms with Crippen molar-refractivity contribution in [3.63, 3.8) is 0 Å². The van der Waals surface area contributed by atoms with Crippen molar-refractivity contribution in [2.24, 2.45) is 0 Å². The maximum absolute atomic E-state index is 12.9. The van der Waals surface area contributed by atoms with Crippen molar-refractivity contribution >= 4 is 16.8 Å². The minimum atomic E-state index is 0.0311. The highest BCUT2D eigenvalue weighted by Crippen LogP contribution is 2.31. The Morgan fingerprint density at radius 2 is 1.77 bits per heavy atom. The molecule has 4 heteroatoms. The Labute approximate surface area is 156 Å². The highest BCUT2D eigenvalue weighted by Gasteiger charge is 2.38. The Kier molecular flexibility index (Phi) is 4.14. The van der Waals surface area contributed by atoms with Crippen molar-refractivity contribution in [1.29, 1.82) is 0 Å². The third-order valence-electron chi connectivity index (χ3n) is 5.89. The molecule has 1 aliphatic carbocycles. The highest BCUT2D eigenvalue weighted by atomic mass is 16.1. The van der Waals surface area contributed by atoms with Gasteiger partial charge in [-0.05, 0) is 90.0 Å². The van der Waals surface area contributed by atoms with Crippen LogP contribution in [-0.4, -0.2) is 28.0 Å². The zero-order valence-electron chi connectivity index (χ0n) is 16.5. The summed E-state index contributed by atoms with van der Waals surface area (Å²) in [7, 11) is 0. The largest absolute Gasteiger partial charge is 0.358 e. The average molecular weight is 354 g/mol. The lowest BCUT2D eigenvalue weighted by Crippen LogP contribution is -2.62. The van der Waals surface area contributed by atoms with E-state index < -0.39 is 0 Å². The van der Waals surface area contributed by atoms with Gasteiger partial charge >= 0.3 is 0 Å². The van der Waals surface area contributed by atoms with Crippen molar-refractivity contribution in [2.45, 2.75) is 83.3 Å². The van der Waals surface area contributed by atoms with Gasteiger partial charge in [-0.3, -0.25) is 4.79 Å². The lowest BCUT2D eigenvalue weighted by Gasteiger charge is -2.46.